The third-order valence-corrected chi connectivity index (χ3v) is 5.12. The number of hydrogen-bond donors (Lipinski definition) is 2. The number of carboxylic acids is 1. The molecule has 3 rings (SSSR count). The number of hydrogen-bond acceptors (Lipinski definition) is 4. The molecule has 22 heavy (non-hydrogen) atoms. The Kier molecular flexibility index (Phi) is 3.66. The number of aliphatic carboxylic acids is 1. The Balaban J connectivity index is 1.73. The predicted molar refractivity (Wildman–Crippen MR) is 81.4 cm³/mol. The van der Waals surface area contributed by atoms with E-state index in [-0.39, 0.29) is 17.2 Å². The predicted octanol–water partition coefficient (Wildman–Crippen LogP) is 0.709. The molecule has 2 aliphatic rings. The van der Waals surface area contributed by atoms with Crippen LogP contribution in [0.15, 0.2) is 42.5 Å². The number of benzene rings is 1. The highest BCUT2D eigenvalue weighted by molar-refractivity contribution is 8.00. The molecule has 2 heterocycles. The number of carboxylic acid groups (broad SMARTS) is 1. The second kappa shape index (κ2) is 5.49. The molecule has 6 nitrogen and oxygen atoms in total. The van der Waals surface area contributed by atoms with Gasteiger partial charge < -0.3 is 15.3 Å². The average molecular weight is 318 g/mol. The Morgan fingerprint density at radius 3 is 2.64 bits per heavy atom. The van der Waals surface area contributed by atoms with Crippen molar-refractivity contribution in [2.45, 2.75) is 17.5 Å². The molecule has 0 radical (unpaired) electrons. The summed E-state index contributed by atoms with van der Waals surface area (Å²) in [6.45, 7) is 3.72. The van der Waals surface area contributed by atoms with E-state index in [1.165, 1.54) is 16.7 Å². The van der Waals surface area contributed by atoms with Gasteiger partial charge in [-0.3, -0.25) is 9.59 Å². The molecular weight excluding hydrogens is 304 g/mol. The van der Waals surface area contributed by atoms with Crippen LogP contribution in [0.1, 0.15) is 10.4 Å². The van der Waals surface area contributed by atoms with Crippen molar-refractivity contribution in [1.29, 1.82) is 0 Å². The molecule has 2 amide bonds. The van der Waals surface area contributed by atoms with E-state index in [9.17, 15) is 19.5 Å². The van der Waals surface area contributed by atoms with Crippen LogP contribution in [0.25, 0.3) is 0 Å². The lowest BCUT2D eigenvalue weighted by Gasteiger charge is -2.52. The Morgan fingerprint density at radius 1 is 1.32 bits per heavy atom. The van der Waals surface area contributed by atoms with Gasteiger partial charge in [-0.2, -0.15) is 0 Å². The smallest absolute Gasteiger partial charge is 0.330 e. The number of nitrogens with zero attached hydrogens (tertiary/aromatic N) is 1. The first-order valence-corrected chi connectivity index (χ1v) is 7.75. The molecule has 0 bridgehead atoms. The van der Waals surface area contributed by atoms with Gasteiger partial charge in [-0.1, -0.05) is 24.8 Å². The topological polar surface area (TPSA) is 86.7 Å². The lowest BCUT2D eigenvalue weighted by atomic mass is 9.98. The summed E-state index contributed by atoms with van der Waals surface area (Å²) in [5.41, 5.74) is 0.962. The first kappa shape index (κ1) is 14.6. The molecule has 1 aromatic carbocycles. The van der Waals surface area contributed by atoms with E-state index < -0.39 is 18.1 Å². The van der Waals surface area contributed by atoms with Crippen molar-refractivity contribution in [3.63, 3.8) is 0 Å². The largest absolute Gasteiger partial charge is 0.479 e. The summed E-state index contributed by atoms with van der Waals surface area (Å²) in [5.74, 6) is -1.34. The zero-order valence-corrected chi connectivity index (χ0v) is 12.4. The molecule has 7 heteroatoms. The summed E-state index contributed by atoms with van der Waals surface area (Å²) in [6, 6.07) is 6.91. The molecule has 3 atom stereocenters. The standard InChI is InChI=1S/C15H14N2O4S/c1-8-7-22-14-10(13(19)17(14)11(8)15(20)21)16-12(18)9-5-3-2-4-6-9/h2-6,10-11,14H,1,7H2,(H,16,18)(H,20,21)/t10-,11?,14+/m1/s1. The summed E-state index contributed by atoms with van der Waals surface area (Å²) < 4.78 is 0. The molecule has 2 N–H and O–H groups in total. The van der Waals surface area contributed by atoms with Gasteiger partial charge >= 0.3 is 5.97 Å². The van der Waals surface area contributed by atoms with Crippen LogP contribution in [0.2, 0.25) is 0 Å². The summed E-state index contributed by atoms with van der Waals surface area (Å²) in [5, 5.41) is 11.6. The Morgan fingerprint density at radius 2 is 2.00 bits per heavy atom. The van der Waals surface area contributed by atoms with E-state index in [1.54, 1.807) is 30.3 Å². The monoisotopic (exact) mass is 318 g/mol. The molecule has 0 spiro atoms. The fourth-order valence-corrected chi connectivity index (χ4v) is 3.95. The van der Waals surface area contributed by atoms with Crippen molar-refractivity contribution in [2.24, 2.45) is 0 Å². The SMILES string of the molecule is C=C1CS[C@H]2[C@H](NC(=O)c3ccccc3)C(=O)N2C1C(=O)O. The van der Waals surface area contributed by atoms with E-state index in [4.69, 9.17) is 0 Å². The molecule has 1 unspecified atom stereocenters. The summed E-state index contributed by atoms with van der Waals surface area (Å²) in [6.07, 6.45) is 0. The minimum Gasteiger partial charge on any atom is -0.479 e. The number of β-lactam (4-membered cyclic amide) rings is 1. The lowest BCUT2D eigenvalue weighted by molar-refractivity contribution is -0.158. The normalized spacial score (nSPS) is 26.9. The van der Waals surface area contributed by atoms with Gasteiger partial charge in [0, 0.05) is 11.3 Å². The maximum atomic E-state index is 12.2. The Hall–Kier alpha value is -2.28. The van der Waals surface area contributed by atoms with Gasteiger partial charge in [0.05, 0.1) is 0 Å². The van der Waals surface area contributed by atoms with Gasteiger partial charge in [0.1, 0.15) is 11.4 Å². The van der Waals surface area contributed by atoms with Gasteiger partial charge in [0.25, 0.3) is 5.91 Å². The lowest BCUT2D eigenvalue weighted by Crippen LogP contribution is -2.74. The number of carbonyl (C=O) groups is 3. The highest BCUT2D eigenvalue weighted by Gasteiger charge is 2.56. The number of amides is 2. The third kappa shape index (κ3) is 2.27. The number of fused-ring (bicyclic) bond motifs is 1. The molecular formula is C15H14N2O4S. The second-order valence-electron chi connectivity index (χ2n) is 5.16. The number of thioether (sulfide) groups is 1. The number of carbonyl (C=O) groups excluding carboxylic acids is 2. The zero-order chi connectivity index (χ0) is 15.9. The molecule has 114 valence electrons. The molecule has 0 saturated carbocycles. The zero-order valence-electron chi connectivity index (χ0n) is 11.6. The summed E-state index contributed by atoms with van der Waals surface area (Å²) in [7, 11) is 0. The van der Waals surface area contributed by atoms with Crippen LogP contribution >= 0.6 is 11.8 Å². The fourth-order valence-electron chi connectivity index (χ4n) is 2.65. The molecule has 2 saturated heterocycles. The van der Waals surface area contributed by atoms with Crippen molar-refractivity contribution < 1.29 is 19.5 Å². The Bertz CT molecular complexity index is 661. The molecule has 1 aromatic rings. The Labute approximate surface area is 131 Å². The highest BCUT2D eigenvalue weighted by atomic mass is 32.2. The molecule has 2 fully saturated rings. The van der Waals surface area contributed by atoms with Gasteiger partial charge in [-0.15, -0.1) is 11.8 Å². The van der Waals surface area contributed by atoms with Crippen molar-refractivity contribution in [3.8, 4) is 0 Å². The van der Waals surface area contributed by atoms with E-state index in [0.29, 0.717) is 16.9 Å². The molecule has 0 aromatic heterocycles. The van der Waals surface area contributed by atoms with Crippen molar-refractivity contribution in [2.75, 3.05) is 5.75 Å². The fraction of sp³-hybridized carbons (Fsp3) is 0.267. The maximum Gasteiger partial charge on any atom is 0.330 e. The van der Waals surface area contributed by atoms with Gasteiger partial charge in [0.2, 0.25) is 5.91 Å². The van der Waals surface area contributed by atoms with Crippen LogP contribution in [0.4, 0.5) is 0 Å². The van der Waals surface area contributed by atoms with Crippen molar-refractivity contribution in [1.82, 2.24) is 10.2 Å². The minimum atomic E-state index is -1.09. The van der Waals surface area contributed by atoms with Crippen LogP contribution in [0.5, 0.6) is 0 Å². The van der Waals surface area contributed by atoms with Gasteiger partial charge in [-0.05, 0) is 17.7 Å². The summed E-state index contributed by atoms with van der Waals surface area (Å²) >= 11 is 1.42. The van der Waals surface area contributed by atoms with E-state index in [1.807, 2.05) is 0 Å². The average Bonchev–Trinajstić information content (AvgIpc) is 2.52. The number of rotatable bonds is 3. The van der Waals surface area contributed by atoms with Crippen molar-refractivity contribution >= 4 is 29.5 Å². The minimum absolute atomic E-state index is 0.338. The van der Waals surface area contributed by atoms with Crippen molar-refractivity contribution in [3.05, 3.63) is 48.0 Å². The summed E-state index contributed by atoms with van der Waals surface area (Å²) in [4.78, 5) is 36.9. The molecule has 2 aliphatic heterocycles. The highest BCUT2D eigenvalue weighted by Crippen LogP contribution is 2.39. The van der Waals surface area contributed by atoms with Crippen LogP contribution in [-0.2, 0) is 9.59 Å². The van der Waals surface area contributed by atoms with E-state index in [0.717, 1.165) is 0 Å². The molecule has 0 aliphatic carbocycles. The maximum absolute atomic E-state index is 12.2. The van der Waals surface area contributed by atoms with Gasteiger partial charge in [-0.25, -0.2) is 4.79 Å². The first-order valence-electron chi connectivity index (χ1n) is 6.71. The van der Waals surface area contributed by atoms with Gasteiger partial charge in [0.15, 0.2) is 6.04 Å². The quantitative estimate of drug-likeness (QED) is 0.633. The first-order chi connectivity index (χ1) is 10.5. The van der Waals surface area contributed by atoms with Crippen LogP contribution in [0.3, 0.4) is 0 Å². The van der Waals surface area contributed by atoms with Crippen LogP contribution in [-0.4, -0.2) is 51.0 Å². The van der Waals surface area contributed by atoms with Crippen LogP contribution < -0.4 is 5.32 Å². The third-order valence-electron chi connectivity index (χ3n) is 3.74. The number of nitrogens with one attached hydrogen (secondary N) is 1. The van der Waals surface area contributed by atoms with Crippen LogP contribution in [0, 0.1) is 0 Å². The van der Waals surface area contributed by atoms with E-state index >= 15 is 0 Å². The van der Waals surface area contributed by atoms with E-state index in [2.05, 4.69) is 11.9 Å². The second-order valence-corrected chi connectivity index (χ2v) is 6.27.